The summed E-state index contributed by atoms with van der Waals surface area (Å²) in [4.78, 5) is 2.19. The van der Waals surface area contributed by atoms with Gasteiger partial charge in [0.1, 0.15) is 0 Å². The van der Waals surface area contributed by atoms with E-state index in [4.69, 9.17) is 33.7 Å². The van der Waals surface area contributed by atoms with Crippen molar-refractivity contribution >= 4 is 28.9 Å². The topological polar surface area (TPSA) is 50.5 Å². The second kappa shape index (κ2) is 12.1. The third-order valence-corrected chi connectivity index (χ3v) is 3.36. The van der Waals surface area contributed by atoms with Crippen LogP contribution in [0.5, 0.6) is 0 Å². The van der Waals surface area contributed by atoms with E-state index in [1.807, 2.05) is 0 Å². The highest BCUT2D eigenvalue weighted by molar-refractivity contribution is 6.18. The van der Waals surface area contributed by atoms with Crippen LogP contribution in [0.4, 0.5) is 5.69 Å². The Labute approximate surface area is 137 Å². The molecular weight excluding hydrogens is 309 g/mol. The van der Waals surface area contributed by atoms with Gasteiger partial charge < -0.3 is 20.7 Å². The van der Waals surface area contributed by atoms with Crippen molar-refractivity contribution in [2.45, 2.75) is 6.54 Å². The Morgan fingerprint density at radius 3 is 2.29 bits per heavy atom. The van der Waals surface area contributed by atoms with Crippen molar-refractivity contribution in [3.8, 4) is 0 Å². The van der Waals surface area contributed by atoms with Gasteiger partial charge in [0.15, 0.2) is 0 Å². The lowest BCUT2D eigenvalue weighted by atomic mass is 10.2. The van der Waals surface area contributed by atoms with Gasteiger partial charge in [0.05, 0.1) is 13.2 Å². The summed E-state index contributed by atoms with van der Waals surface area (Å²) < 4.78 is 5.31. The van der Waals surface area contributed by atoms with Crippen molar-refractivity contribution in [1.29, 1.82) is 0 Å². The standard InChI is InChI=1S/C15H25Cl2N3O/c16-5-9-20(10-6-17)15-3-1-14(2-4-15)13-19-8-12-21-11-7-18/h1-4,19H,5-13,18H2. The Kier molecular flexibility index (Phi) is 10.6. The maximum absolute atomic E-state index is 5.82. The molecule has 0 saturated carbocycles. The van der Waals surface area contributed by atoms with Crippen LogP contribution in [0, 0.1) is 0 Å². The molecule has 0 atom stereocenters. The molecule has 0 unspecified atom stereocenters. The van der Waals surface area contributed by atoms with Crippen molar-refractivity contribution in [2.24, 2.45) is 5.73 Å². The molecule has 0 fully saturated rings. The molecule has 6 heteroatoms. The van der Waals surface area contributed by atoms with Crippen LogP contribution in [0.1, 0.15) is 5.56 Å². The Morgan fingerprint density at radius 1 is 1.05 bits per heavy atom. The fraction of sp³-hybridized carbons (Fsp3) is 0.600. The normalized spacial score (nSPS) is 10.8. The van der Waals surface area contributed by atoms with Gasteiger partial charge in [-0.1, -0.05) is 12.1 Å². The molecular formula is C15H25Cl2N3O. The quantitative estimate of drug-likeness (QED) is 0.454. The third-order valence-electron chi connectivity index (χ3n) is 3.02. The summed E-state index contributed by atoms with van der Waals surface area (Å²) in [6.45, 7) is 5.16. The molecule has 1 rings (SSSR count). The average molecular weight is 334 g/mol. The molecule has 0 spiro atoms. The van der Waals surface area contributed by atoms with Crippen LogP contribution in [0.15, 0.2) is 24.3 Å². The summed E-state index contributed by atoms with van der Waals surface area (Å²) in [5.41, 5.74) is 7.75. The first-order valence-corrected chi connectivity index (χ1v) is 8.33. The zero-order valence-corrected chi connectivity index (χ0v) is 13.9. The molecule has 120 valence electrons. The Hall–Kier alpha value is -0.520. The molecule has 0 saturated heterocycles. The molecule has 0 aliphatic heterocycles. The van der Waals surface area contributed by atoms with Crippen LogP contribution >= 0.6 is 23.2 Å². The predicted octanol–water partition coefficient (Wildman–Crippen LogP) is 2.04. The first-order chi connectivity index (χ1) is 10.3. The zero-order chi connectivity index (χ0) is 15.3. The fourth-order valence-corrected chi connectivity index (χ4v) is 2.37. The van der Waals surface area contributed by atoms with E-state index in [9.17, 15) is 0 Å². The van der Waals surface area contributed by atoms with E-state index in [0.717, 1.165) is 31.9 Å². The SMILES string of the molecule is NCCOCCNCc1ccc(N(CCCl)CCCl)cc1. The van der Waals surface area contributed by atoms with E-state index < -0.39 is 0 Å². The summed E-state index contributed by atoms with van der Waals surface area (Å²) in [5, 5.41) is 3.34. The summed E-state index contributed by atoms with van der Waals surface area (Å²) in [6, 6.07) is 8.47. The van der Waals surface area contributed by atoms with Gasteiger partial charge in [-0.3, -0.25) is 0 Å². The second-order valence-corrected chi connectivity index (χ2v) is 5.37. The van der Waals surface area contributed by atoms with Gasteiger partial charge in [0.2, 0.25) is 0 Å². The first-order valence-electron chi connectivity index (χ1n) is 7.26. The number of halogens is 2. The number of benzene rings is 1. The van der Waals surface area contributed by atoms with Gasteiger partial charge >= 0.3 is 0 Å². The second-order valence-electron chi connectivity index (χ2n) is 4.61. The van der Waals surface area contributed by atoms with E-state index in [0.29, 0.717) is 31.5 Å². The Balaban J connectivity index is 2.35. The molecule has 0 aliphatic carbocycles. The van der Waals surface area contributed by atoms with Crippen LogP contribution in [0.25, 0.3) is 0 Å². The van der Waals surface area contributed by atoms with E-state index in [-0.39, 0.29) is 0 Å². The van der Waals surface area contributed by atoms with Crippen LogP contribution in [0.3, 0.4) is 0 Å². The van der Waals surface area contributed by atoms with Crippen LogP contribution in [0.2, 0.25) is 0 Å². The van der Waals surface area contributed by atoms with E-state index in [2.05, 4.69) is 34.5 Å². The lowest BCUT2D eigenvalue weighted by Gasteiger charge is -2.23. The van der Waals surface area contributed by atoms with Gasteiger partial charge in [-0.2, -0.15) is 0 Å². The highest BCUT2D eigenvalue weighted by Crippen LogP contribution is 2.15. The molecule has 0 heterocycles. The lowest BCUT2D eigenvalue weighted by Crippen LogP contribution is -2.27. The van der Waals surface area contributed by atoms with Gasteiger partial charge in [0, 0.05) is 50.2 Å². The molecule has 0 radical (unpaired) electrons. The minimum atomic E-state index is 0.572. The predicted molar refractivity (Wildman–Crippen MR) is 91.7 cm³/mol. The van der Waals surface area contributed by atoms with E-state index in [1.165, 1.54) is 5.56 Å². The molecule has 1 aromatic carbocycles. The van der Waals surface area contributed by atoms with Crippen LogP contribution in [-0.4, -0.2) is 51.2 Å². The van der Waals surface area contributed by atoms with Gasteiger partial charge in [-0.25, -0.2) is 0 Å². The number of ether oxygens (including phenoxy) is 1. The number of alkyl halides is 2. The summed E-state index contributed by atoms with van der Waals surface area (Å²) in [6.07, 6.45) is 0. The molecule has 21 heavy (non-hydrogen) atoms. The molecule has 1 aromatic rings. The molecule has 0 bridgehead atoms. The van der Waals surface area contributed by atoms with Crippen molar-refractivity contribution in [3.05, 3.63) is 29.8 Å². The number of rotatable bonds is 12. The molecule has 4 nitrogen and oxygen atoms in total. The number of nitrogens with zero attached hydrogens (tertiary/aromatic N) is 1. The fourth-order valence-electron chi connectivity index (χ4n) is 1.96. The highest BCUT2D eigenvalue weighted by atomic mass is 35.5. The smallest absolute Gasteiger partial charge is 0.0591 e. The lowest BCUT2D eigenvalue weighted by molar-refractivity contribution is 0.143. The zero-order valence-electron chi connectivity index (χ0n) is 12.4. The van der Waals surface area contributed by atoms with Crippen LogP contribution < -0.4 is 16.0 Å². The maximum atomic E-state index is 5.82. The summed E-state index contributed by atoms with van der Waals surface area (Å²) in [5.74, 6) is 1.20. The molecule has 0 aliphatic rings. The highest BCUT2D eigenvalue weighted by Gasteiger charge is 2.04. The molecule has 0 aromatic heterocycles. The molecule has 0 amide bonds. The van der Waals surface area contributed by atoms with Crippen molar-refractivity contribution < 1.29 is 4.74 Å². The van der Waals surface area contributed by atoms with Crippen molar-refractivity contribution in [3.63, 3.8) is 0 Å². The molecule has 3 N–H and O–H groups in total. The minimum absolute atomic E-state index is 0.572. The van der Waals surface area contributed by atoms with Gasteiger partial charge in [-0.05, 0) is 17.7 Å². The number of hydrogen-bond donors (Lipinski definition) is 2. The summed E-state index contributed by atoms with van der Waals surface area (Å²) in [7, 11) is 0. The van der Waals surface area contributed by atoms with Gasteiger partial charge in [0.25, 0.3) is 0 Å². The third kappa shape index (κ3) is 7.88. The Morgan fingerprint density at radius 2 is 1.71 bits per heavy atom. The monoisotopic (exact) mass is 333 g/mol. The minimum Gasteiger partial charge on any atom is -0.379 e. The van der Waals surface area contributed by atoms with Crippen molar-refractivity contribution in [2.75, 3.05) is 56.1 Å². The largest absolute Gasteiger partial charge is 0.379 e. The van der Waals surface area contributed by atoms with Crippen LogP contribution in [-0.2, 0) is 11.3 Å². The summed E-state index contributed by atoms with van der Waals surface area (Å²) >= 11 is 11.6. The number of anilines is 1. The van der Waals surface area contributed by atoms with Gasteiger partial charge in [-0.15, -0.1) is 23.2 Å². The van der Waals surface area contributed by atoms with E-state index in [1.54, 1.807) is 0 Å². The van der Waals surface area contributed by atoms with Crippen molar-refractivity contribution in [1.82, 2.24) is 5.32 Å². The first kappa shape index (κ1) is 18.5. The average Bonchev–Trinajstić information content (AvgIpc) is 2.51. The Bertz CT molecular complexity index is 356. The number of hydrogen-bond acceptors (Lipinski definition) is 4. The number of nitrogens with one attached hydrogen (secondary N) is 1. The van der Waals surface area contributed by atoms with E-state index >= 15 is 0 Å². The maximum Gasteiger partial charge on any atom is 0.0591 e. The number of nitrogens with two attached hydrogens (primary N) is 1.